The topological polar surface area (TPSA) is 74.2 Å². The third kappa shape index (κ3) is 2.69. The highest BCUT2D eigenvalue weighted by Crippen LogP contribution is 2.47. The molecule has 1 atom stereocenters. The fourth-order valence-corrected chi connectivity index (χ4v) is 2.61. The van der Waals surface area contributed by atoms with Crippen LogP contribution in [0.25, 0.3) is 0 Å². The monoisotopic (exact) mass is 346 g/mol. The van der Waals surface area contributed by atoms with Gasteiger partial charge in [0.15, 0.2) is 17.6 Å². The molecule has 1 N–H and O–H groups in total. The Hall–Kier alpha value is -1.47. The summed E-state index contributed by atoms with van der Waals surface area (Å²) >= 11 is 3.34. The van der Waals surface area contributed by atoms with Gasteiger partial charge in [0.25, 0.3) is 0 Å². The van der Waals surface area contributed by atoms with Crippen LogP contribution in [-0.4, -0.2) is 38.0 Å². The van der Waals surface area contributed by atoms with Crippen molar-refractivity contribution in [1.82, 2.24) is 0 Å². The zero-order valence-corrected chi connectivity index (χ0v) is 12.7. The molecule has 110 valence electrons. The molecular weight excluding hydrogens is 332 g/mol. The first kappa shape index (κ1) is 14.9. The molecule has 1 heterocycles. The summed E-state index contributed by atoms with van der Waals surface area (Å²) in [7, 11) is 1.44. The Morgan fingerprint density at radius 2 is 2.20 bits per heavy atom. The van der Waals surface area contributed by atoms with Crippen LogP contribution in [0.2, 0.25) is 0 Å². The van der Waals surface area contributed by atoms with Gasteiger partial charge in [0.2, 0.25) is 0 Å². The van der Waals surface area contributed by atoms with Gasteiger partial charge < -0.3 is 24.1 Å². The number of aliphatic hydroxyl groups is 1. The quantitative estimate of drug-likeness (QED) is 0.838. The second-order valence-corrected chi connectivity index (χ2v) is 4.78. The molecule has 0 spiro atoms. The predicted molar refractivity (Wildman–Crippen MR) is 73.3 cm³/mol. The number of carbonyl (C=O) groups excluding carboxylic acids is 1. The van der Waals surface area contributed by atoms with Gasteiger partial charge in [0.05, 0.1) is 13.7 Å². The van der Waals surface area contributed by atoms with E-state index in [1.54, 1.807) is 6.92 Å². The highest BCUT2D eigenvalue weighted by molar-refractivity contribution is 9.10. The largest absolute Gasteiger partial charge is 0.495 e. The van der Waals surface area contributed by atoms with Crippen molar-refractivity contribution in [1.29, 1.82) is 0 Å². The van der Waals surface area contributed by atoms with Gasteiger partial charge in [0, 0.05) is 5.56 Å². The van der Waals surface area contributed by atoms with Gasteiger partial charge in [-0.25, -0.2) is 4.79 Å². The normalized spacial score (nSPS) is 14.6. The fraction of sp³-hybridized carbons (Fsp3) is 0.462. The maximum absolute atomic E-state index is 11.7. The molecule has 1 aromatic rings. The minimum atomic E-state index is -1.45. The zero-order valence-electron chi connectivity index (χ0n) is 11.1. The Bertz CT molecular complexity index is 516. The van der Waals surface area contributed by atoms with E-state index in [0.29, 0.717) is 34.9 Å². The number of benzene rings is 1. The maximum Gasteiger partial charge on any atom is 0.339 e. The van der Waals surface area contributed by atoms with Crippen LogP contribution < -0.4 is 14.2 Å². The van der Waals surface area contributed by atoms with Crippen molar-refractivity contribution in [3.8, 4) is 17.2 Å². The number of carbonyl (C=O) groups is 1. The second-order valence-electron chi connectivity index (χ2n) is 3.99. The van der Waals surface area contributed by atoms with Crippen molar-refractivity contribution in [2.75, 3.05) is 26.9 Å². The molecule has 0 amide bonds. The number of hydrogen-bond donors (Lipinski definition) is 1. The van der Waals surface area contributed by atoms with E-state index in [2.05, 4.69) is 15.9 Å². The van der Waals surface area contributed by atoms with Gasteiger partial charge in [-0.15, -0.1) is 0 Å². The van der Waals surface area contributed by atoms with Gasteiger partial charge in [-0.05, 0) is 28.9 Å². The number of rotatable bonds is 4. The molecule has 0 fully saturated rings. The van der Waals surface area contributed by atoms with Crippen LogP contribution in [0.4, 0.5) is 0 Å². The first-order chi connectivity index (χ1) is 9.60. The average molecular weight is 347 g/mol. The van der Waals surface area contributed by atoms with Crippen molar-refractivity contribution in [3.63, 3.8) is 0 Å². The molecular formula is C13H15BrO6. The van der Waals surface area contributed by atoms with E-state index in [0.717, 1.165) is 0 Å². The highest BCUT2D eigenvalue weighted by Gasteiger charge is 2.29. The number of esters is 1. The molecule has 1 unspecified atom stereocenters. The van der Waals surface area contributed by atoms with Crippen LogP contribution in [0.1, 0.15) is 18.6 Å². The Balaban J connectivity index is 2.46. The molecule has 1 aromatic carbocycles. The number of ether oxygens (including phenoxy) is 4. The standard InChI is InChI=1S/C13H15BrO6/c1-3-18-13(16)10(15)7-6-8-12(20-5-4-19-8)9(14)11(7)17-2/h6,10,15H,3-5H2,1-2H3. The summed E-state index contributed by atoms with van der Waals surface area (Å²) in [5, 5.41) is 10.1. The molecule has 0 aromatic heterocycles. The summed E-state index contributed by atoms with van der Waals surface area (Å²) in [6, 6.07) is 1.53. The third-order valence-corrected chi connectivity index (χ3v) is 3.49. The Morgan fingerprint density at radius 1 is 1.50 bits per heavy atom. The molecule has 7 heteroatoms. The summed E-state index contributed by atoms with van der Waals surface area (Å²) in [6.07, 6.45) is -1.45. The molecule has 0 radical (unpaired) electrons. The molecule has 0 aliphatic carbocycles. The minimum Gasteiger partial charge on any atom is -0.495 e. The highest BCUT2D eigenvalue weighted by atomic mass is 79.9. The smallest absolute Gasteiger partial charge is 0.339 e. The molecule has 1 aliphatic rings. The van der Waals surface area contributed by atoms with E-state index in [4.69, 9.17) is 18.9 Å². The van der Waals surface area contributed by atoms with E-state index in [-0.39, 0.29) is 12.2 Å². The van der Waals surface area contributed by atoms with Crippen LogP contribution in [0, 0.1) is 0 Å². The molecule has 1 aliphatic heterocycles. The van der Waals surface area contributed by atoms with Gasteiger partial charge in [-0.2, -0.15) is 0 Å². The average Bonchev–Trinajstić information content (AvgIpc) is 2.46. The number of hydrogen-bond acceptors (Lipinski definition) is 6. The van der Waals surface area contributed by atoms with Crippen LogP contribution in [0.3, 0.4) is 0 Å². The molecule has 6 nitrogen and oxygen atoms in total. The van der Waals surface area contributed by atoms with Crippen molar-refractivity contribution in [2.24, 2.45) is 0 Å². The van der Waals surface area contributed by atoms with E-state index < -0.39 is 12.1 Å². The molecule has 20 heavy (non-hydrogen) atoms. The third-order valence-electron chi connectivity index (χ3n) is 2.77. The van der Waals surface area contributed by atoms with Crippen LogP contribution in [-0.2, 0) is 9.53 Å². The van der Waals surface area contributed by atoms with Crippen LogP contribution >= 0.6 is 15.9 Å². The number of fused-ring (bicyclic) bond motifs is 1. The lowest BCUT2D eigenvalue weighted by Gasteiger charge is -2.23. The summed E-state index contributed by atoms with van der Waals surface area (Å²) in [6.45, 7) is 2.68. The Kier molecular flexibility index (Phi) is 4.72. The van der Waals surface area contributed by atoms with Crippen molar-refractivity contribution < 1.29 is 28.8 Å². The van der Waals surface area contributed by atoms with E-state index in [9.17, 15) is 9.90 Å². The predicted octanol–water partition coefficient (Wildman–Crippen LogP) is 1.83. The van der Waals surface area contributed by atoms with Gasteiger partial charge in [-0.3, -0.25) is 0 Å². The van der Waals surface area contributed by atoms with Crippen LogP contribution in [0.5, 0.6) is 17.2 Å². The van der Waals surface area contributed by atoms with Crippen molar-refractivity contribution in [2.45, 2.75) is 13.0 Å². The van der Waals surface area contributed by atoms with E-state index in [1.165, 1.54) is 13.2 Å². The summed E-state index contributed by atoms with van der Waals surface area (Å²) in [4.78, 5) is 11.7. The van der Waals surface area contributed by atoms with E-state index >= 15 is 0 Å². The fourth-order valence-electron chi connectivity index (χ4n) is 1.91. The SMILES string of the molecule is CCOC(=O)C(O)c1cc2c(c(Br)c1OC)OCCO2. The van der Waals surface area contributed by atoms with Gasteiger partial charge in [0.1, 0.15) is 23.4 Å². The number of methoxy groups -OCH3 is 1. The lowest BCUT2D eigenvalue weighted by Crippen LogP contribution is -2.19. The van der Waals surface area contributed by atoms with E-state index in [1.807, 2.05) is 0 Å². The first-order valence-electron chi connectivity index (χ1n) is 6.10. The van der Waals surface area contributed by atoms with Crippen LogP contribution in [0.15, 0.2) is 10.5 Å². The molecule has 2 rings (SSSR count). The maximum atomic E-state index is 11.7. The number of halogens is 1. The summed E-state index contributed by atoms with van der Waals surface area (Å²) < 4.78 is 21.5. The Labute approximate surface area is 124 Å². The molecule has 0 saturated carbocycles. The second kappa shape index (κ2) is 6.32. The number of aliphatic hydroxyl groups excluding tert-OH is 1. The lowest BCUT2D eigenvalue weighted by atomic mass is 10.1. The van der Waals surface area contributed by atoms with Crippen molar-refractivity contribution >= 4 is 21.9 Å². The van der Waals surface area contributed by atoms with Gasteiger partial charge in [-0.1, -0.05) is 0 Å². The molecule has 0 bridgehead atoms. The van der Waals surface area contributed by atoms with Gasteiger partial charge >= 0.3 is 5.97 Å². The lowest BCUT2D eigenvalue weighted by molar-refractivity contribution is -0.153. The minimum absolute atomic E-state index is 0.184. The zero-order chi connectivity index (χ0) is 14.7. The first-order valence-corrected chi connectivity index (χ1v) is 6.90. The summed E-state index contributed by atoms with van der Waals surface area (Å²) in [5.74, 6) is 0.513. The summed E-state index contributed by atoms with van der Waals surface area (Å²) in [5.41, 5.74) is 0.266. The molecule has 0 saturated heterocycles. The van der Waals surface area contributed by atoms with Crippen molar-refractivity contribution in [3.05, 3.63) is 16.1 Å². The Morgan fingerprint density at radius 3 is 2.85 bits per heavy atom.